The standard InChI is InChI=1S/C37H56O4.C31H48O4.C30H38O4/c1-7-27-25-32(34(38-5)28-15-11-9-12-16-28)36(33(26-27)35(39-6)29-17-13-10-14-18-29)41-24-23-40-31-21-19-30(20-22-31)37(3,4)8-2;1-12-22(3)23-13-15-24(16-14-23)34-17-18-35-27-25(28(32-10)30(4,5)6)19-21(2)20-26(27)29(33-11)31(7,8)9;1-7-21(2)24-13-15-27(16-14-24)33-17-18-34-30-28(22(3)31-5)19-26(20-29(30)23(4)32-6)25-11-9-8-10-12-25/h19-22,25-26,28-29,34-35H,7-18,23-24H2,1-6H3;13-16,19-20,22,28-29H,12,17-18H2,1-11H3;8-16,19-23H,7,17-18H2,1-6H3. The molecule has 0 spiro atoms. The summed E-state index contributed by atoms with van der Waals surface area (Å²) in [4.78, 5) is 0. The fourth-order valence-electron chi connectivity index (χ4n) is 15.7. The molecule has 0 saturated heterocycles. The second-order valence-corrected chi connectivity index (χ2v) is 33.5. The zero-order valence-corrected chi connectivity index (χ0v) is 72.1. The molecule has 0 amide bonds. The predicted molar refractivity (Wildman–Crippen MR) is 454 cm³/mol. The maximum atomic E-state index is 6.75. The average molecular weight is 1510 g/mol. The molecule has 0 radical (unpaired) electrons. The van der Waals surface area contributed by atoms with Gasteiger partial charge in [-0.05, 0) is 218 Å². The van der Waals surface area contributed by atoms with Crippen molar-refractivity contribution in [1.29, 1.82) is 0 Å². The number of rotatable bonds is 37. The number of aryl methyl sites for hydroxylation is 2. The second-order valence-electron chi connectivity index (χ2n) is 33.5. The predicted octanol–water partition coefficient (Wildman–Crippen LogP) is 26.1. The maximum Gasteiger partial charge on any atom is 0.131 e. The van der Waals surface area contributed by atoms with Gasteiger partial charge in [-0.25, -0.2) is 0 Å². The lowest BCUT2D eigenvalue weighted by molar-refractivity contribution is 0.00570. The van der Waals surface area contributed by atoms with Crippen LogP contribution in [0, 0.1) is 29.6 Å². The molecule has 0 N–H and O–H groups in total. The molecule has 8 atom stereocenters. The molecule has 9 rings (SSSR count). The molecule has 8 unspecified atom stereocenters. The van der Waals surface area contributed by atoms with E-state index in [-0.39, 0.29) is 52.9 Å². The summed E-state index contributed by atoms with van der Waals surface area (Å²) in [5, 5.41) is 0. The van der Waals surface area contributed by atoms with Gasteiger partial charge in [-0.1, -0.05) is 208 Å². The summed E-state index contributed by atoms with van der Waals surface area (Å²) in [6, 6.07) is 49.0. The Bertz CT molecular complexity index is 3640. The molecular weight excluding hydrogens is 1370 g/mol. The van der Waals surface area contributed by atoms with Crippen molar-refractivity contribution < 1.29 is 56.8 Å². The highest BCUT2D eigenvalue weighted by atomic mass is 16.5. The molecule has 7 aromatic rings. The third-order valence-corrected chi connectivity index (χ3v) is 23.1. The van der Waals surface area contributed by atoms with Crippen molar-refractivity contribution in [2.75, 3.05) is 82.3 Å². The molecule has 12 heteroatoms. The summed E-state index contributed by atoms with van der Waals surface area (Å²) in [7, 11) is 10.7. The van der Waals surface area contributed by atoms with E-state index in [1.54, 1.807) is 28.4 Å². The highest BCUT2D eigenvalue weighted by molar-refractivity contribution is 5.68. The van der Waals surface area contributed by atoms with E-state index in [1.807, 2.05) is 70.5 Å². The first-order chi connectivity index (χ1) is 52.7. The number of ether oxygens (including phenoxy) is 12. The molecule has 2 aliphatic rings. The Labute approximate surface area is 666 Å². The summed E-state index contributed by atoms with van der Waals surface area (Å²) >= 11 is 0. The summed E-state index contributed by atoms with van der Waals surface area (Å²) < 4.78 is 73.7. The van der Waals surface area contributed by atoms with Gasteiger partial charge < -0.3 is 56.8 Å². The van der Waals surface area contributed by atoms with Gasteiger partial charge in [-0.3, -0.25) is 0 Å². The lowest BCUT2D eigenvalue weighted by Crippen LogP contribution is -2.25. The van der Waals surface area contributed by atoms with Crippen molar-refractivity contribution in [2.24, 2.45) is 22.7 Å². The first-order valence-electron chi connectivity index (χ1n) is 41.5. The monoisotopic (exact) mass is 1510 g/mol. The topological polar surface area (TPSA) is 111 Å². The molecule has 2 saturated carbocycles. The average Bonchev–Trinajstić information content (AvgIpc) is 0.796. The van der Waals surface area contributed by atoms with Crippen LogP contribution in [0.5, 0.6) is 34.5 Å². The molecule has 0 aliphatic heterocycles. The molecule has 606 valence electrons. The van der Waals surface area contributed by atoms with Gasteiger partial charge in [0.1, 0.15) is 74.1 Å². The Balaban J connectivity index is 0.000000231. The number of hydrogen-bond donors (Lipinski definition) is 0. The summed E-state index contributed by atoms with van der Waals surface area (Å²) in [5.41, 5.74) is 15.3. The second kappa shape index (κ2) is 44.5. The quantitative estimate of drug-likeness (QED) is 0.0346. The fraction of sp³-hybridized carbons (Fsp3) is 0.571. The maximum absolute atomic E-state index is 6.75. The molecule has 110 heavy (non-hydrogen) atoms. The summed E-state index contributed by atoms with van der Waals surface area (Å²) in [5.74, 6) is 7.37. The van der Waals surface area contributed by atoms with E-state index in [0.717, 1.165) is 99.1 Å². The van der Waals surface area contributed by atoms with E-state index >= 15 is 0 Å². The van der Waals surface area contributed by atoms with Crippen LogP contribution in [0.15, 0.2) is 140 Å². The number of methoxy groups -OCH3 is 6. The van der Waals surface area contributed by atoms with Crippen molar-refractivity contribution in [3.8, 4) is 45.6 Å². The lowest BCUT2D eigenvalue weighted by atomic mass is 9.79. The zero-order valence-electron chi connectivity index (χ0n) is 72.1. The van der Waals surface area contributed by atoms with Crippen molar-refractivity contribution in [3.05, 3.63) is 201 Å². The van der Waals surface area contributed by atoms with Gasteiger partial charge >= 0.3 is 0 Å². The van der Waals surface area contributed by atoms with Gasteiger partial charge in [-0.2, -0.15) is 0 Å². The first-order valence-corrected chi connectivity index (χ1v) is 41.5. The lowest BCUT2D eigenvalue weighted by Gasteiger charge is -2.35. The van der Waals surface area contributed by atoms with Crippen molar-refractivity contribution in [1.82, 2.24) is 0 Å². The largest absolute Gasteiger partial charge is 0.490 e. The third-order valence-electron chi connectivity index (χ3n) is 23.1. The van der Waals surface area contributed by atoms with Gasteiger partial charge in [0.05, 0.1) is 36.6 Å². The Morgan fingerprint density at radius 1 is 0.364 bits per heavy atom. The molecule has 7 aromatic carbocycles. The minimum absolute atomic E-state index is 0.0368. The highest BCUT2D eigenvalue weighted by Crippen LogP contribution is 2.50. The van der Waals surface area contributed by atoms with E-state index < -0.39 is 0 Å². The SMILES string of the molecule is CCC(C)c1ccc(OCCOc2c(C(C)OC)cc(-c3ccccc3)cc2C(C)OC)cc1.CCC(C)c1ccc(OCCOc2c(C(OC)C(C)(C)C)cc(C)cc2C(OC)C(C)(C)C)cc1.CCc1cc(C(OC)C2CCCCC2)c(OCCOc2ccc(C(C)(C)CC)cc2)c(C(OC)C2CCCCC2)c1. The van der Waals surface area contributed by atoms with E-state index in [4.69, 9.17) is 56.8 Å². The van der Waals surface area contributed by atoms with Crippen LogP contribution in [0.2, 0.25) is 0 Å². The van der Waals surface area contributed by atoms with Crippen LogP contribution < -0.4 is 28.4 Å². The number of hydrogen-bond acceptors (Lipinski definition) is 12. The third kappa shape index (κ3) is 25.6. The van der Waals surface area contributed by atoms with Crippen molar-refractivity contribution in [3.63, 3.8) is 0 Å². The van der Waals surface area contributed by atoms with Crippen LogP contribution in [0.1, 0.15) is 304 Å². The Hall–Kier alpha value is -6.90. The van der Waals surface area contributed by atoms with Crippen LogP contribution >= 0.6 is 0 Å². The normalized spacial score (nSPS) is 16.0. The summed E-state index contributed by atoms with van der Waals surface area (Å²) in [6.45, 7) is 40.0. The summed E-state index contributed by atoms with van der Waals surface area (Å²) in [6.07, 6.45) is 16.6. The zero-order chi connectivity index (χ0) is 80.1. The van der Waals surface area contributed by atoms with Crippen LogP contribution in [-0.4, -0.2) is 82.3 Å². The van der Waals surface area contributed by atoms with Crippen LogP contribution in [-0.2, 0) is 40.3 Å². The molecule has 0 aromatic heterocycles. The minimum Gasteiger partial charge on any atom is -0.490 e. The molecule has 0 bridgehead atoms. The van der Waals surface area contributed by atoms with Crippen molar-refractivity contribution in [2.45, 2.75) is 261 Å². The Morgan fingerprint density at radius 3 is 1.05 bits per heavy atom. The molecule has 12 nitrogen and oxygen atoms in total. The van der Waals surface area contributed by atoms with E-state index in [1.165, 1.54) is 97.6 Å². The molecule has 2 fully saturated rings. The molecular formula is C98H142O12. The van der Waals surface area contributed by atoms with Crippen molar-refractivity contribution >= 4 is 0 Å². The first kappa shape index (κ1) is 90.3. The van der Waals surface area contributed by atoms with E-state index in [2.05, 4.69) is 201 Å². The van der Waals surface area contributed by atoms with Gasteiger partial charge in [0, 0.05) is 76.0 Å². The fourth-order valence-corrected chi connectivity index (χ4v) is 15.7. The van der Waals surface area contributed by atoms with Crippen LogP contribution in [0.3, 0.4) is 0 Å². The van der Waals surface area contributed by atoms with Gasteiger partial charge in [-0.15, -0.1) is 0 Å². The van der Waals surface area contributed by atoms with Gasteiger partial charge in [0.15, 0.2) is 0 Å². The van der Waals surface area contributed by atoms with E-state index in [0.29, 0.717) is 63.3 Å². The smallest absolute Gasteiger partial charge is 0.131 e. The molecule has 0 heterocycles. The van der Waals surface area contributed by atoms with Gasteiger partial charge in [0.25, 0.3) is 0 Å². The molecule has 2 aliphatic carbocycles. The van der Waals surface area contributed by atoms with Gasteiger partial charge in [0.2, 0.25) is 0 Å². The van der Waals surface area contributed by atoms with Crippen LogP contribution in [0.25, 0.3) is 11.1 Å². The Kier molecular flexibility index (Phi) is 36.5. The van der Waals surface area contributed by atoms with Crippen LogP contribution in [0.4, 0.5) is 0 Å². The number of benzene rings is 7. The minimum atomic E-state index is -0.129. The van der Waals surface area contributed by atoms with E-state index in [9.17, 15) is 0 Å². The Morgan fingerprint density at radius 2 is 0.718 bits per heavy atom. The highest BCUT2D eigenvalue weighted by Gasteiger charge is 2.37.